The molecule has 1 fully saturated rings. The second kappa shape index (κ2) is 10.1. The van der Waals surface area contributed by atoms with Crippen molar-refractivity contribution in [2.75, 3.05) is 54.6 Å². The summed E-state index contributed by atoms with van der Waals surface area (Å²) in [7, 11) is 8.58. The van der Waals surface area contributed by atoms with Gasteiger partial charge < -0.3 is 24.4 Å². The highest BCUT2D eigenvalue weighted by atomic mass is 16.5. The smallest absolute Gasteiger partial charge is 0.203 e. The minimum absolute atomic E-state index is 0.592. The van der Waals surface area contributed by atoms with Gasteiger partial charge in [-0.1, -0.05) is 0 Å². The number of nitrogens with one attached hydrogen (secondary N) is 1. The number of ether oxygens (including phenoxy) is 3. The fourth-order valence-corrected chi connectivity index (χ4v) is 3.57. The van der Waals surface area contributed by atoms with Crippen molar-refractivity contribution in [1.29, 1.82) is 0 Å². The SMILES string of the molecule is CN=C(NCc1ncnn1C)N1CCN(Cc2cc(OC)c(OC)c(OC)c2)CC1. The number of methoxy groups -OCH3 is 3. The van der Waals surface area contributed by atoms with E-state index >= 15 is 0 Å². The molecule has 1 aromatic carbocycles. The Morgan fingerprint density at radius 3 is 2.23 bits per heavy atom. The first-order valence-corrected chi connectivity index (χ1v) is 9.89. The third-order valence-electron chi connectivity index (χ3n) is 5.22. The Bertz CT molecular complexity index is 835. The number of benzene rings is 1. The summed E-state index contributed by atoms with van der Waals surface area (Å²) in [4.78, 5) is 13.3. The molecule has 0 unspecified atom stereocenters. The number of aryl methyl sites for hydroxylation is 1. The molecule has 1 aromatic heterocycles. The summed E-state index contributed by atoms with van der Waals surface area (Å²) in [6, 6.07) is 4.02. The minimum Gasteiger partial charge on any atom is -0.493 e. The van der Waals surface area contributed by atoms with Gasteiger partial charge in [0.15, 0.2) is 17.5 Å². The lowest BCUT2D eigenvalue weighted by atomic mass is 10.1. The molecule has 2 aromatic rings. The molecule has 1 aliphatic heterocycles. The number of hydrogen-bond donors (Lipinski definition) is 1. The van der Waals surface area contributed by atoms with Gasteiger partial charge in [-0.25, -0.2) is 4.98 Å². The van der Waals surface area contributed by atoms with Crippen molar-refractivity contribution >= 4 is 5.96 Å². The maximum absolute atomic E-state index is 5.47. The highest BCUT2D eigenvalue weighted by Gasteiger charge is 2.21. The number of nitrogens with zero attached hydrogens (tertiary/aromatic N) is 6. The lowest BCUT2D eigenvalue weighted by Gasteiger charge is -2.36. The molecule has 2 heterocycles. The molecule has 1 N–H and O–H groups in total. The second-order valence-corrected chi connectivity index (χ2v) is 7.00. The normalized spacial score (nSPS) is 15.2. The van der Waals surface area contributed by atoms with Gasteiger partial charge in [-0.2, -0.15) is 5.10 Å². The lowest BCUT2D eigenvalue weighted by molar-refractivity contribution is 0.172. The Morgan fingerprint density at radius 1 is 1.07 bits per heavy atom. The van der Waals surface area contributed by atoms with Crippen LogP contribution in [0.4, 0.5) is 0 Å². The highest BCUT2D eigenvalue weighted by Crippen LogP contribution is 2.38. The topological polar surface area (TPSA) is 89.3 Å². The Hall–Kier alpha value is -3.01. The Labute approximate surface area is 177 Å². The van der Waals surface area contributed by atoms with Crippen LogP contribution in [-0.2, 0) is 20.1 Å². The predicted molar refractivity (Wildman–Crippen MR) is 114 cm³/mol. The summed E-state index contributed by atoms with van der Waals surface area (Å²) in [6.07, 6.45) is 1.56. The van der Waals surface area contributed by atoms with Gasteiger partial charge in [-0.15, -0.1) is 0 Å². The van der Waals surface area contributed by atoms with Gasteiger partial charge in [-0.05, 0) is 17.7 Å². The second-order valence-electron chi connectivity index (χ2n) is 7.00. The summed E-state index contributed by atoms with van der Waals surface area (Å²) < 4.78 is 18.1. The summed E-state index contributed by atoms with van der Waals surface area (Å²) in [5.74, 6) is 3.73. The van der Waals surface area contributed by atoms with Gasteiger partial charge >= 0.3 is 0 Å². The molecule has 0 bridgehead atoms. The van der Waals surface area contributed by atoms with Crippen molar-refractivity contribution in [2.24, 2.45) is 12.0 Å². The molecular formula is C20H31N7O3. The zero-order chi connectivity index (χ0) is 21.5. The largest absolute Gasteiger partial charge is 0.493 e. The summed E-state index contributed by atoms with van der Waals surface area (Å²) >= 11 is 0. The van der Waals surface area contributed by atoms with E-state index in [9.17, 15) is 0 Å². The molecule has 1 saturated heterocycles. The first-order chi connectivity index (χ1) is 14.6. The van der Waals surface area contributed by atoms with E-state index < -0.39 is 0 Å². The van der Waals surface area contributed by atoms with Crippen LogP contribution in [0.1, 0.15) is 11.4 Å². The molecule has 0 saturated carbocycles. The molecule has 0 amide bonds. The van der Waals surface area contributed by atoms with E-state index in [-0.39, 0.29) is 0 Å². The number of aliphatic imine (C=N–C) groups is 1. The van der Waals surface area contributed by atoms with Gasteiger partial charge in [0, 0.05) is 46.8 Å². The average molecular weight is 418 g/mol. The van der Waals surface area contributed by atoms with E-state index in [1.165, 1.54) is 0 Å². The van der Waals surface area contributed by atoms with Gasteiger partial charge in [0.1, 0.15) is 12.2 Å². The number of rotatable bonds is 7. The van der Waals surface area contributed by atoms with Crippen LogP contribution in [0.25, 0.3) is 0 Å². The maximum atomic E-state index is 5.47. The minimum atomic E-state index is 0.592. The quantitative estimate of drug-likeness (QED) is 0.521. The van der Waals surface area contributed by atoms with Crippen LogP contribution < -0.4 is 19.5 Å². The molecule has 0 aliphatic carbocycles. The molecule has 0 spiro atoms. The summed E-state index contributed by atoms with van der Waals surface area (Å²) in [6.45, 7) is 5.05. The van der Waals surface area contributed by atoms with Gasteiger partial charge in [0.2, 0.25) is 5.75 Å². The van der Waals surface area contributed by atoms with E-state index in [2.05, 4.69) is 30.2 Å². The van der Waals surface area contributed by atoms with E-state index in [0.29, 0.717) is 23.8 Å². The van der Waals surface area contributed by atoms with Crippen molar-refractivity contribution in [3.05, 3.63) is 29.8 Å². The number of guanidine groups is 1. The Balaban J connectivity index is 1.57. The standard InChI is InChI=1S/C20H31N7O3/c1-21-20(22-12-18-23-14-24-25(18)2)27-8-6-26(7-9-27)13-15-10-16(28-3)19(30-5)17(11-15)29-4/h10-11,14H,6-9,12-13H2,1-5H3,(H,21,22). The molecule has 3 rings (SSSR count). The molecular weight excluding hydrogens is 386 g/mol. The zero-order valence-corrected chi connectivity index (χ0v) is 18.4. The molecule has 10 nitrogen and oxygen atoms in total. The van der Waals surface area contributed by atoms with Crippen LogP contribution in [-0.4, -0.2) is 85.1 Å². The van der Waals surface area contributed by atoms with E-state index in [0.717, 1.165) is 50.1 Å². The number of aromatic nitrogens is 3. The van der Waals surface area contributed by atoms with Gasteiger partial charge in [-0.3, -0.25) is 14.6 Å². The third kappa shape index (κ3) is 4.93. The van der Waals surface area contributed by atoms with Gasteiger partial charge in [0.05, 0.1) is 27.9 Å². The van der Waals surface area contributed by atoms with Crippen LogP contribution in [0.15, 0.2) is 23.5 Å². The van der Waals surface area contributed by atoms with Crippen LogP contribution in [0, 0.1) is 0 Å². The van der Waals surface area contributed by atoms with E-state index in [1.54, 1.807) is 39.4 Å². The monoisotopic (exact) mass is 417 g/mol. The van der Waals surface area contributed by atoms with Crippen molar-refractivity contribution in [3.63, 3.8) is 0 Å². The van der Waals surface area contributed by atoms with Crippen molar-refractivity contribution in [3.8, 4) is 17.2 Å². The van der Waals surface area contributed by atoms with Crippen LogP contribution >= 0.6 is 0 Å². The third-order valence-corrected chi connectivity index (χ3v) is 5.22. The molecule has 1 aliphatic rings. The molecule has 164 valence electrons. The fourth-order valence-electron chi connectivity index (χ4n) is 3.57. The number of piperazine rings is 1. The van der Waals surface area contributed by atoms with Crippen LogP contribution in [0.2, 0.25) is 0 Å². The summed E-state index contributed by atoms with van der Waals surface area (Å²) in [5, 5.41) is 7.47. The van der Waals surface area contributed by atoms with Crippen molar-refractivity contribution < 1.29 is 14.2 Å². The fraction of sp³-hybridized carbons (Fsp3) is 0.550. The molecule has 0 atom stereocenters. The van der Waals surface area contributed by atoms with E-state index in [4.69, 9.17) is 14.2 Å². The van der Waals surface area contributed by atoms with E-state index in [1.807, 2.05) is 19.2 Å². The molecule has 0 radical (unpaired) electrons. The first kappa shape index (κ1) is 21.7. The van der Waals surface area contributed by atoms with Crippen molar-refractivity contribution in [1.82, 2.24) is 29.9 Å². The lowest BCUT2D eigenvalue weighted by Crippen LogP contribution is -2.52. The number of hydrogen-bond acceptors (Lipinski definition) is 7. The maximum Gasteiger partial charge on any atom is 0.203 e. The van der Waals surface area contributed by atoms with Gasteiger partial charge in [0.25, 0.3) is 0 Å². The zero-order valence-electron chi connectivity index (χ0n) is 18.4. The van der Waals surface area contributed by atoms with Crippen LogP contribution in [0.3, 0.4) is 0 Å². The predicted octanol–water partition coefficient (Wildman–Crippen LogP) is 0.734. The molecule has 10 heteroatoms. The highest BCUT2D eigenvalue weighted by molar-refractivity contribution is 5.79. The first-order valence-electron chi connectivity index (χ1n) is 9.89. The summed E-state index contributed by atoms with van der Waals surface area (Å²) in [5.41, 5.74) is 1.13. The Morgan fingerprint density at radius 2 is 1.73 bits per heavy atom. The average Bonchev–Trinajstić information content (AvgIpc) is 3.19. The van der Waals surface area contributed by atoms with Crippen LogP contribution in [0.5, 0.6) is 17.2 Å². The van der Waals surface area contributed by atoms with Crippen molar-refractivity contribution in [2.45, 2.75) is 13.1 Å². The Kier molecular flexibility index (Phi) is 7.34. The molecule has 30 heavy (non-hydrogen) atoms.